The van der Waals surface area contributed by atoms with Crippen LogP contribution in [-0.4, -0.2) is 59.0 Å². The van der Waals surface area contributed by atoms with Crippen molar-refractivity contribution in [1.82, 2.24) is 9.55 Å². The Balaban J connectivity index is 2.24. The van der Waals surface area contributed by atoms with Crippen LogP contribution in [0.4, 0.5) is 0 Å². The minimum atomic E-state index is -4.18. The predicted octanol–water partition coefficient (Wildman–Crippen LogP) is 3.35. The van der Waals surface area contributed by atoms with Crippen LogP contribution in [0.1, 0.15) is 47.8 Å². The van der Waals surface area contributed by atoms with Crippen LogP contribution in [0.25, 0.3) is 0 Å². The number of hydrogen-bond donors (Lipinski definition) is 2. The van der Waals surface area contributed by atoms with E-state index in [1.165, 1.54) is 10.8 Å². The molecule has 1 spiro atoms. The third-order valence-corrected chi connectivity index (χ3v) is 19.0. The van der Waals surface area contributed by atoms with Crippen LogP contribution in [0.5, 0.6) is 0 Å². The van der Waals surface area contributed by atoms with Gasteiger partial charge in [-0.15, -0.1) is 0 Å². The van der Waals surface area contributed by atoms with E-state index >= 15 is 0 Å². The van der Waals surface area contributed by atoms with Crippen molar-refractivity contribution in [2.75, 3.05) is 6.61 Å². The van der Waals surface area contributed by atoms with Crippen LogP contribution in [0, 0.1) is 3.57 Å². The second-order valence-corrected chi connectivity index (χ2v) is 25.1. The lowest BCUT2D eigenvalue weighted by Gasteiger charge is -2.43. The molecule has 1 fully saturated rings. The smallest absolute Gasteiger partial charge is 0.330 e. The summed E-state index contributed by atoms with van der Waals surface area (Å²) < 4.78 is 52.5. The molecule has 0 amide bonds. The first-order valence-electron chi connectivity index (χ1n) is 12.4. The molecule has 4 atom stereocenters. The Morgan fingerprint density at radius 3 is 2.13 bits per heavy atom. The molecule has 0 aromatic carbocycles. The minimum absolute atomic E-state index is 0.0381. The maximum atomic E-state index is 13.0. The molecule has 0 radical (unpaired) electrons. The molecule has 2 aliphatic heterocycles. The number of aromatic nitrogens is 2. The average molecular weight is 702 g/mol. The Morgan fingerprint density at radius 2 is 1.66 bits per heavy atom. The number of ether oxygens (including phenoxy) is 1. The lowest BCUT2D eigenvalue weighted by molar-refractivity contribution is -0.0563. The summed E-state index contributed by atoms with van der Waals surface area (Å²) in [7, 11) is -9.13. The lowest BCUT2D eigenvalue weighted by Crippen LogP contribution is -2.59. The quantitative estimate of drug-likeness (QED) is 0.259. The van der Waals surface area contributed by atoms with Gasteiger partial charge in [0.15, 0.2) is 28.5 Å². The Hall–Kier alpha value is -0.826. The van der Waals surface area contributed by atoms with Gasteiger partial charge in [-0.25, -0.2) is 8.98 Å². The maximum absolute atomic E-state index is 13.0. The molecule has 3 heterocycles. The highest BCUT2D eigenvalue weighted by atomic mass is 127. The Kier molecular flexibility index (Phi) is 8.27. The minimum Gasteiger partial charge on any atom is -0.414 e. The van der Waals surface area contributed by atoms with Crippen molar-refractivity contribution in [3.05, 3.63) is 41.7 Å². The first-order chi connectivity index (χ1) is 17.0. The molecule has 3 rings (SSSR count). The van der Waals surface area contributed by atoms with Crippen molar-refractivity contribution in [3.8, 4) is 0 Å². The van der Waals surface area contributed by atoms with Crippen LogP contribution < -0.4 is 17.0 Å². The average Bonchev–Trinajstić information content (AvgIpc) is 3.14. The molecule has 216 valence electrons. The summed E-state index contributed by atoms with van der Waals surface area (Å²) in [5.41, 5.74) is 3.31. The highest BCUT2D eigenvalue weighted by molar-refractivity contribution is 14.1. The first kappa shape index (κ1) is 31.7. The molecule has 3 N–H and O–H groups in total. The van der Waals surface area contributed by atoms with Gasteiger partial charge in [0.25, 0.3) is 15.7 Å². The number of nitrogens with two attached hydrogens (primary N) is 1. The van der Waals surface area contributed by atoms with Crippen molar-refractivity contribution in [2.45, 2.75) is 102 Å². The summed E-state index contributed by atoms with van der Waals surface area (Å²) in [5, 5.41) is 0.458. The number of rotatable bonds is 6. The summed E-state index contributed by atoms with van der Waals surface area (Å²) in [4.78, 5) is 27.4. The fraction of sp³-hybridized carbons (Fsp3) is 0.739. The van der Waals surface area contributed by atoms with Gasteiger partial charge in [0.05, 0.1) is 21.3 Å². The van der Waals surface area contributed by atoms with E-state index in [1.54, 1.807) is 0 Å². The molecule has 1 aromatic rings. The van der Waals surface area contributed by atoms with Crippen LogP contribution in [0.3, 0.4) is 0 Å². The third kappa shape index (κ3) is 5.66. The Labute approximate surface area is 240 Å². The van der Waals surface area contributed by atoms with Gasteiger partial charge in [-0.2, -0.15) is 8.42 Å². The second-order valence-electron chi connectivity index (χ2n) is 13.0. The number of aromatic amines is 1. The molecule has 0 saturated carbocycles. The molecule has 1 saturated heterocycles. The van der Waals surface area contributed by atoms with E-state index in [-0.39, 0.29) is 26.0 Å². The van der Waals surface area contributed by atoms with Crippen molar-refractivity contribution >= 4 is 49.3 Å². The van der Waals surface area contributed by atoms with Crippen molar-refractivity contribution in [2.24, 2.45) is 5.73 Å². The van der Waals surface area contributed by atoms with E-state index in [0.29, 0.717) is 0 Å². The Morgan fingerprint density at radius 1 is 1.11 bits per heavy atom. The predicted molar refractivity (Wildman–Crippen MR) is 158 cm³/mol. The topological polar surface area (TPSA) is 152 Å². The normalized spacial score (nSPS) is 28.2. The highest BCUT2D eigenvalue weighted by Gasteiger charge is 2.67. The highest BCUT2D eigenvalue weighted by Crippen LogP contribution is 2.52. The van der Waals surface area contributed by atoms with Gasteiger partial charge in [-0.05, 0) is 58.9 Å². The summed E-state index contributed by atoms with van der Waals surface area (Å²) in [6.45, 7) is 20.5. The third-order valence-electron chi connectivity index (χ3n) is 8.27. The second kappa shape index (κ2) is 9.92. The van der Waals surface area contributed by atoms with Gasteiger partial charge in [-0.1, -0.05) is 41.5 Å². The van der Waals surface area contributed by atoms with Crippen LogP contribution in [0.2, 0.25) is 36.3 Å². The van der Waals surface area contributed by atoms with Crippen LogP contribution in [-0.2, 0) is 27.9 Å². The first-order valence-corrected chi connectivity index (χ1v) is 20.7. The summed E-state index contributed by atoms with van der Waals surface area (Å²) in [6.07, 6.45) is -1.95. The molecule has 0 bridgehead atoms. The maximum Gasteiger partial charge on any atom is 0.330 e. The zero-order chi connectivity index (χ0) is 29.3. The van der Waals surface area contributed by atoms with Gasteiger partial charge in [-0.3, -0.25) is 14.3 Å². The molecule has 15 heteroatoms. The molecular formula is C23H40IN3O8SSi2. The zero-order valence-corrected chi connectivity index (χ0v) is 28.6. The molecule has 2 aliphatic rings. The molecule has 11 nitrogen and oxygen atoms in total. The van der Waals surface area contributed by atoms with E-state index in [2.05, 4.69) is 38.8 Å². The van der Waals surface area contributed by atoms with Crippen molar-refractivity contribution < 1.29 is 26.2 Å². The van der Waals surface area contributed by atoms with Crippen LogP contribution >= 0.6 is 22.6 Å². The van der Waals surface area contributed by atoms with Gasteiger partial charge < -0.3 is 19.3 Å². The van der Waals surface area contributed by atoms with Crippen molar-refractivity contribution in [3.63, 3.8) is 0 Å². The molecule has 1 aromatic heterocycles. The van der Waals surface area contributed by atoms with E-state index in [1.807, 2.05) is 56.5 Å². The zero-order valence-electron chi connectivity index (χ0n) is 23.7. The fourth-order valence-electron chi connectivity index (χ4n) is 3.86. The monoisotopic (exact) mass is 701 g/mol. The van der Waals surface area contributed by atoms with Gasteiger partial charge in [0, 0.05) is 6.20 Å². The lowest BCUT2D eigenvalue weighted by atomic mass is 9.89. The number of nitrogens with zero attached hydrogens (tertiary/aromatic N) is 1. The van der Waals surface area contributed by atoms with Gasteiger partial charge in [0.2, 0.25) is 0 Å². The summed E-state index contributed by atoms with van der Waals surface area (Å²) in [5.74, 6) is 0. The number of H-pyrrole nitrogens is 1. The number of hydrogen-bond acceptors (Lipinski definition) is 9. The van der Waals surface area contributed by atoms with Crippen molar-refractivity contribution in [1.29, 1.82) is 0 Å². The van der Waals surface area contributed by atoms with E-state index in [9.17, 15) is 18.0 Å². The van der Waals surface area contributed by atoms with Gasteiger partial charge in [0.1, 0.15) is 12.2 Å². The Bertz CT molecular complexity index is 1340. The summed E-state index contributed by atoms with van der Waals surface area (Å²) >= 11 is 1.82. The number of nitrogens with one attached hydrogen (secondary N) is 1. The largest absolute Gasteiger partial charge is 0.414 e. The summed E-state index contributed by atoms with van der Waals surface area (Å²) in [6, 6.07) is 0. The van der Waals surface area contributed by atoms with E-state index in [4.69, 9.17) is 23.5 Å². The molecular weight excluding hydrogens is 661 g/mol. The van der Waals surface area contributed by atoms with E-state index < -0.39 is 62.0 Å². The standard InChI is InChI=1S/C23H40IN3O8SSi2/c1-21(2,3)37(7,8)32-12-16-23(15(25)13-36(30,31)35-23)17(34-38(9,10)22(4,5)6)19(33-16)27-11-14(24)18(28)26-20(27)29/h11,13,16-17,19H,12,25H2,1-10H3,(H,26,28,29)/t16?,17-,19+,23?/m0/s1. The SMILES string of the molecule is CC(C)(C)[Si](C)(C)OCC1O[C@@H](n2cc(I)c(=O)[nH]c2=O)[C@H](O[Si](C)(C)C(C)(C)C)C12OS(=O)(=O)C=C2N. The van der Waals surface area contributed by atoms with Crippen LogP contribution in [0.15, 0.2) is 26.9 Å². The van der Waals surface area contributed by atoms with Gasteiger partial charge >= 0.3 is 5.69 Å². The number of halogens is 1. The fourth-order valence-corrected chi connectivity index (χ4v) is 7.81. The molecule has 38 heavy (non-hydrogen) atoms. The van der Waals surface area contributed by atoms with E-state index in [0.717, 1.165) is 5.41 Å². The molecule has 2 unspecified atom stereocenters. The molecule has 0 aliphatic carbocycles.